The van der Waals surface area contributed by atoms with E-state index in [1.54, 1.807) is 11.0 Å². The third-order valence-corrected chi connectivity index (χ3v) is 4.60. The molecule has 0 unspecified atom stereocenters. The number of aromatic nitrogens is 6. The van der Waals surface area contributed by atoms with Crippen LogP contribution < -0.4 is 5.32 Å². The molecule has 0 aliphatic rings. The second-order valence-corrected chi connectivity index (χ2v) is 6.78. The third-order valence-electron chi connectivity index (χ3n) is 3.91. The van der Waals surface area contributed by atoms with Gasteiger partial charge in [-0.05, 0) is 25.4 Å². The van der Waals surface area contributed by atoms with Crippen LogP contribution in [0.2, 0.25) is 0 Å². The molecule has 0 aromatic carbocycles. The zero-order valence-corrected chi connectivity index (χ0v) is 16.4. The molecule has 1 N–H and O–H groups in total. The Morgan fingerprint density at radius 1 is 1.32 bits per heavy atom. The molecule has 0 amide bonds. The lowest BCUT2D eigenvalue weighted by molar-refractivity contribution is 0.446. The second-order valence-electron chi connectivity index (χ2n) is 5.79. The maximum absolute atomic E-state index is 4.72. The molecule has 2 aromatic heterocycles. The van der Waals surface area contributed by atoms with Gasteiger partial charge in [0.25, 0.3) is 0 Å². The smallest absolute Gasteiger partial charge is 0.194 e. The number of hydrogen-bond donors (Lipinski definition) is 1. The van der Waals surface area contributed by atoms with Crippen molar-refractivity contribution in [1.82, 2.24) is 39.7 Å². The van der Waals surface area contributed by atoms with Crippen molar-refractivity contribution in [2.24, 2.45) is 19.1 Å². The van der Waals surface area contributed by atoms with E-state index in [1.807, 2.05) is 49.3 Å². The Kier molecular flexibility index (Phi) is 7.23. The molecule has 9 nitrogen and oxygen atoms in total. The number of guanidine groups is 1. The molecule has 0 atom stereocenters. The molecule has 0 saturated carbocycles. The predicted octanol–water partition coefficient (Wildman–Crippen LogP) is 0.583. The van der Waals surface area contributed by atoms with E-state index in [0.717, 1.165) is 42.2 Å². The summed E-state index contributed by atoms with van der Waals surface area (Å²) in [4.78, 5) is 11.0. The van der Waals surface area contributed by atoms with Gasteiger partial charge < -0.3 is 14.8 Å². The van der Waals surface area contributed by atoms with Crippen LogP contribution in [-0.4, -0.2) is 66.0 Å². The van der Waals surface area contributed by atoms with Crippen LogP contribution in [0, 0.1) is 6.92 Å². The Morgan fingerprint density at radius 3 is 2.72 bits per heavy atom. The zero-order chi connectivity index (χ0) is 18.2. The fourth-order valence-corrected chi connectivity index (χ4v) is 2.65. The molecule has 2 rings (SSSR count). The molecule has 0 bridgehead atoms. The Balaban J connectivity index is 2.06. The van der Waals surface area contributed by atoms with Crippen molar-refractivity contribution >= 4 is 17.7 Å². The number of thioether (sulfide) groups is 1. The van der Waals surface area contributed by atoms with E-state index in [1.165, 1.54) is 0 Å². The van der Waals surface area contributed by atoms with E-state index < -0.39 is 0 Å². The van der Waals surface area contributed by atoms with Crippen LogP contribution in [0.25, 0.3) is 0 Å². The summed E-state index contributed by atoms with van der Waals surface area (Å²) in [5.74, 6) is 4.55. The predicted molar refractivity (Wildman–Crippen MR) is 100 cm³/mol. The fraction of sp³-hybridized carbons (Fsp3) is 0.667. The van der Waals surface area contributed by atoms with Gasteiger partial charge in [-0.25, -0.2) is 9.98 Å². The molecule has 0 fully saturated rings. The van der Waals surface area contributed by atoms with E-state index in [4.69, 9.17) is 4.99 Å². The standard InChI is InChI=1S/C15H27N9S/c1-12-20-21-13(23(12)3)9-17-15(16-7-6-8-25-5)22(2)10-14-18-11-19-24(14)4/h11H,6-10H2,1-5H3,(H,16,17). The van der Waals surface area contributed by atoms with Crippen molar-refractivity contribution in [3.63, 3.8) is 0 Å². The molecule has 0 aliphatic heterocycles. The van der Waals surface area contributed by atoms with E-state index in [-0.39, 0.29) is 0 Å². The molecule has 25 heavy (non-hydrogen) atoms. The van der Waals surface area contributed by atoms with Crippen LogP contribution in [0.1, 0.15) is 23.9 Å². The van der Waals surface area contributed by atoms with Gasteiger partial charge in [0.15, 0.2) is 11.8 Å². The Labute approximate surface area is 152 Å². The Hall–Kier alpha value is -2.10. The molecule has 2 aromatic rings. The molecule has 0 aliphatic carbocycles. The normalized spacial score (nSPS) is 11.8. The molecule has 2 heterocycles. The first-order chi connectivity index (χ1) is 12.0. The van der Waals surface area contributed by atoms with E-state index in [9.17, 15) is 0 Å². The molecule has 10 heteroatoms. The Bertz CT molecular complexity index is 691. The van der Waals surface area contributed by atoms with Crippen molar-refractivity contribution < 1.29 is 0 Å². The second kappa shape index (κ2) is 9.40. The summed E-state index contributed by atoms with van der Waals surface area (Å²) < 4.78 is 3.73. The first-order valence-corrected chi connectivity index (χ1v) is 9.58. The van der Waals surface area contributed by atoms with Crippen molar-refractivity contribution in [3.8, 4) is 0 Å². The van der Waals surface area contributed by atoms with Crippen molar-refractivity contribution in [2.45, 2.75) is 26.4 Å². The van der Waals surface area contributed by atoms with Gasteiger partial charge in [0.1, 0.15) is 24.5 Å². The Morgan fingerprint density at radius 2 is 2.12 bits per heavy atom. The van der Waals surface area contributed by atoms with Gasteiger partial charge in [0.05, 0.1) is 6.54 Å². The number of nitrogens with zero attached hydrogens (tertiary/aromatic N) is 8. The van der Waals surface area contributed by atoms with Crippen molar-refractivity contribution in [1.29, 1.82) is 0 Å². The highest BCUT2D eigenvalue weighted by molar-refractivity contribution is 7.98. The number of aryl methyl sites for hydroxylation is 2. The highest BCUT2D eigenvalue weighted by Crippen LogP contribution is 2.03. The first-order valence-electron chi connectivity index (χ1n) is 8.19. The lowest BCUT2D eigenvalue weighted by atomic mass is 10.4. The topological polar surface area (TPSA) is 89.1 Å². The van der Waals surface area contributed by atoms with Crippen molar-refractivity contribution in [3.05, 3.63) is 23.8 Å². The molecule has 0 saturated heterocycles. The highest BCUT2D eigenvalue weighted by atomic mass is 32.2. The number of aliphatic imine (C=N–C) groups is 1. The van der Waals surface area contributed by atoms with Crippen LogP contribution in [0.15, 0.2) is 11.3 Å². The van der Waals surface area contributed by atoms with E-state index in [0.29, 0.717) is 13.1 Å². The van der Waals surface area contributed by atoms with Crippen LogP contribution >= 0.6 is 11.8 Å². The minimum atomic E-state index is 0.478. The molecular weight excluding hydrogens is 338 g/mol. The minimum Gasteiger partial charge on any atom is -0.356 e. The number of rotatable bonds is 8. The van der Waals surface area contributed by atoms with Crippen LogP contribution in [0.5, 0.6) is 0 Å². The lowest BCUT2D eigenvalue weighted by Gasteiger charge is -2.22. The first kappa shape index (κ1) is 19.2. The highest BCUT2D eigenvalue weighted by Gasteiger charge is 2.11. The van der Waals surface area contributed by atoms with Crippen LogP contribution in [-0.2, 0) is 27.2 Å². The lowest BCUT2D eigenvalue weighted by Crippen LogP contribution is -2.39. The molecule has 138 valence electrons. The van der Waals surface area contributed by atoms with Crippen LogP contribution in [0.3, 0.4) is 0 Å². The minimum absolute atomic E-state index is 0.478. The largest absolute Gasteiger partial charge is 0.356 e. The summed E-state index contributed by atoms with van der Waals surface area (Å²) in [5.41, 5.74) is 0. The zero-order valence-electron chi connectivity index (χ0n) is 15.6. The van der Waals surface area contributed by atoms with Crippen LogP contribution in [0.4, 0.5) is 0 Å². The van der Waals surface area contributed by atoms with Crippen molar-refractivity contribution in [2.75, 3.05) is 25.6 Å². The summed E-state index contributed by atoms with van der Waals surface area (Å²) in [6.07, 6.45) is 4.76. The average molecular weight is 366 g/mol. The maximum Gasteiger partial charge on any atom is 0.194 e. The summed E-state index contributed by atoms with van der Waals surface area (Å²) >= 11 is 1.85. The third kappa shape index (κ3) is 5.45. The SMILES string of the molecule is CSCCCNC(=NCc1nnc(C)n1C)N(C)Cc1ncnn1C. The molecular formula is C15H27N9S. The fourth-order valence-electron chi connectivity index (χ4n) is 2.21. The van der Waals surface area contributed by atoms with E-state index >= 15 is 0 Å². The maximum atomic E-state index is 4.72. The van der Waals surface area contributed by atoms with Gasteiger partial charge in [-0.15, -0.1) is 10.2 Å². The number of nitrogens with one attached hydrogen (secondary N) is 1. The van der Waals surface area contributed by atoms with Gasteiger partial charge in [-0.3, -0.25) is 4.68 Å². The summed E-state index contributed by atoms with van der Waals surface area (Å²) in [6, 6.07) is 0. The summed E-state index contributed by atoms with van der Waals surface area (Å²) in [5, 5.41) is 15.8. The number of hydrogen-bond acceptors (Lipinski definition) is 6. The summed E-state index contributed by atoms with van der Waals surface area (Å²) in [6.45, 7) is 3.91. The van der Waals surface area contributed by atoms with Gasteiger partial charge >= 0.3 is 0 Å². The van der Waals surface area contributed by atoms with Gasteiger partial charge in [0, 0.05) is 27.7 Å². The molecule has 0 radical (unpaired) electrons. The quantitative estimate of drug-likeness (QED) is 0.416. The average Bonchev–Trinajstić information content (AvgIpc) is 3.14. The van der Waals surface area contributed by atoms with Gasteiger partial charge in [-0.1, -0.05) is 0 Å². The van der Waals surface area contributed by atoms with Gasteiger partial charge in [0.2, 0.25) is 0 Å². The van der Waals surface area contributed by atoms with E-state index in [2.05, 4.69) is 31.9 Å². The summed E-state index contributed by atoms with van der Waals surface area (Å²) in [7, 11) is 5.84. The monoisotopic (exact) mass is 365 g/mol. The van der Waals surface area contributed by atoms with Gasteiger partial charge in [-0.2, -0.15) is 16.9 Å². The molecule has 0 spiro atoms.